The van der Waals surface area contributed by atoms with Gasteiger partial charge in [0.1, 0.15) is 0 Å². The standard InChI is InChI=1S/C16H26N2O/c1-11-6-12(2)16(13(3)7-11)18-8-14(4)17(5)9-15(18)10-19/h6-7,14-15,19H,8-10H2,1-5H3. The van der Waals surface area contributed by atoms with Crippen molar-refractivity contribution < 1.29 is 5.11 Å². The molecule has 19 heavy (non-hydrogen) atoms. The summed E-state index contributed by atoms with van der Waals surface area (Å²) in [4.78, 5) is 4.73. The fourth-order valence-electron chi connectivity index (χ4n) is 3.24. The van der Waals surface area contributed by atoms with Gasteiger partial charge in [-0.25, -0.2) is 0 Å². The van der Waals surface area contributed by atoms with E-state index in [2.05, 4.69) is 56.7 Å². The lowest BCUT2D eigenvalue weighted by molar-refractivity contribution is 0.155. The van der Waals surface area contributed by atoms with E-state index >= 15 is 0 Å². The first kappa shape index (κ1) is 14.4. The summed E-state index contributed by atoms with van der Waals surface area (Å²) in [6.45, 7) is 10.8. The maximum absolute atomic E-state index is 9.69. The van der Waals surface area contributed by atoms with Crippen molar-refractivity contribution in [3.05, 3.63) is 28.8 Å². The molecule has 106 valence electrons. The molecule has 0 saturated carbocycles. The van der Waals surface area contributed by atoms with Gasteiger partial charge >= 0.3 is 0 Å². The van der Waals surface area contributed by atoms with E-state index in [1.54, 1.807) is 0 Å². The molecule has 2 atom stereocenters. The smallest absolute Gasteiger partial charge is 0.0648 e. The van der Waals surface area contributed by atoms with Crippen LogP contribution in [0.15, 0.2) is 12.1 Å². The van der Waals surface area contributed by atoms with Gasteiger partial charge in [0.05, 0.1) is 12.6 Å². The first-order valence-electron chi connectivity index (χ1n) is 7.09. The fourth-order valence-corrected chi connectivity index (χ4v) is 3.24. The predicted molar refractivity (Wildman–Crippen MR) is 81.0 cm³/mol. The third-order valence-corrected chi connectivity index (χ3v) is 4.29. The van der Waals surface area contributed by atoms with E-state index in [4.69, 9.17) is 0 Å². The molecule has 1 heterocycles. The minimum atomic E-state index is 0.196. The molecule has 0 amide bonds. The van der Waals surface area contributed by atoms with Gasteiger partial charge in [-0.15, -0.1) is 0 Å². The SMILES string of the molecule is Cc1cc(C)c(N2CC(C)N(C)CC2CO)c(C)c1. The Hall–Kier alpha value is -1.06. The van der Waals surface area contributed by atoms with Crippen molar-refractivity contribution >= 4 is 5.69 Å². The summed E-state index contributed by atoms with van der Waals surface area (Å²) in [6.07, 6.45) is 0. The van der Waals surface area contributed by atoms with E-state index in [0.717, 1.165) is 13.1 Å². The minimum absolute atomic E-state index is 0.196. The van der Waals surface area contributed by atoms with Crippen molar-refractivity contribution in [2.75, 3.05) is 31.6 Å². The van der Waals surface area contributed by atoms with Gasteiger partial charge in [-0.05, 0) is 45.9 Å². The number of anilines is 1. The van der Waals surface area contributed by atoms with Crippen LogP contribution in [0.25, 0.3) is 0 Å². The number of piperazine rings is 1. The molecule has 2 unspecified atom stereocenters. The Kier molecular flexibility index (Phi) is 4.16. The predicted octanol–water partition coefficient (Wildman–Crippen LogP) is 2.11. The van der Waals surface area contributed by atoms with Crippen LogP contribution in [0.2, 0.25) is 0 Å². The summed E-state index contributed by atoms with van der Waals surface area (Å²) in [5.74, 6) is 0. The molecule has 1 aliphatic heterocycles. The summed E-state index contributed by atoms with van der Waals surface area (Å²) >= 11 is 0. The van der Waals surface area contributed by atoms with Crippen LogP contribution in [0.3, 0.4) is 0 Å². The maximum Gasteiger partial charge on any atom is 0.0648 e. The van der Waals surface area contributed by atoms with Gasteiger partial charge < -0.3 is 10.0 Å². The zero-order chi connectivity index (χ0) is 14.2. The Balaban J connectivity index is 2.39. The van der Waals surface area contributed by atoms with E-state index < -0.39 is 0 Å². The second-order valence-corrected chi connectivity index (χ2v) is 6.02. The van der Waals surface area contributed by atoms with Crippen LogP contribution in [-0.2, 0) is 0 Å². The van der Waals surface area contributed by atoms with Crippen LogP contribution in [0.1, 0.15) is 23.6 Å². The van der Waals surface area contributed by atoms with Crippen molar-refractivity contribution in [2.24, 2.45) is 0 Å². The summed E-state index contributed by atoms with van der Waals surface area (Å²) < 4.78 is 0. The molecule has 1 aromatic rings. The molecular weight excluding hydrogens is 236 g/mol. The lowest BCUT2D eigenvalue weighted by Crippen LogP contribution is -2.57. The number of hydrogen-bond donors (Lipinski definition) is 1. The zero-order valence-corrected chi connectivity index (χ0v) is 12.8. The minimum Gasteiger partial charge on any atom is -0.394 e. The fraction of sp³-hybridized carbons (Fsp3) is 0.625. The number of hydrogen-bond acceptors (Lipinski definition) is 3. The van der Waals surface area contributed by atoms with Gasteiger partial charge in [0.25, 0.3) is 0 Å². The zero-order valence-electron chi connectivity index (χ0n) is 12.8. The molecule has 0 radical (unpaired) electrons. The highest BCUT2D eigenvalue weighted by Gasteiger charge is 2.30. The number of rotatable bonds is 2. The topological polar surface area (TPSA) is 26.7 Å². The molecule has 1 N–H and O–H groups in total. The number of likely N-dealkylation sites (N-methyl/N-ethyl adjacent to an activating group) is 1. The second-order valence-electron chi connectivity index (χ2n) is 6.02. The highest BCUT2D eigenvalue weighted by atomic mass is 16.3. The second kappa shape index (κ2) is 5.51. The number of aliphatic hydroxyl groups excluding tert-OH is 1. The number of nitrogens with zero attached hydrogens (tertiary/aromatic N) is 2. The van der Waals surface area contributed by atoms with Crippen LogP contribution >= 0.6 is 0 Å². The van der Waals surface area contributed by atoms with Crippen molar-refractivity contribution in [3.63, 3.8) is 0 Å². The number of aryl methyl sites for hydroxylation is 3. The molecule has 0 spiro atoms. The van der Waals surface area contributed by atoms with Crippen LogP contribution < -0.4 is 4.90 Å². The van der Waals surface area contributed by atoms with Gasteiger partial charge in [0.2, 0.25) is 0 Å². The molecule has 0 aromatic heterocycles. The molecule has 3 nitrogen and oxygen atoms in total. The first-order chi connectivity index (χ1) is 8.93. The Morgan fingerprint density at radius 1 is 1.16 bits per heavy atom. The highest BCUT2D eigenvalue weighted by molar-refractivity contribution is 5.61. The van der Waals surface area contributed by atoms with Gasteiger partial charge in [-0.1, -0.05) is 17.7 Å². The molecule has 1 aromatic carbocycles. The lowest BCUT2D eigenvalue weighted by atomic mass is 10.00. The Morgan fingerprint density at radius 3 is 2.26 bits per heavy atom. The average molecular weight is 262 g/mol. The van der Waals surface area contributed by atoms with E-state index in [0.29, 0.717) is 6.04 Å². The molecular formula is C16H26N2O. The van der Waals surface area contributed by atoms with Crippen LogP contribution in [0.4, 0.5) is 5.69 Å². The lowest BCUT2D eigenvalue weighted by Gasteiger charge is -2.45. The summed E-state index contributed by atoms with van der Waals surface area (Å²) in [6, 6.07) is 5.18. The van der Waals surface area contributed by atoms with E-state index in [-0.39, 0.29) is 12.6 Å². The summed E-state index contributed by atoms with van der Waals surface area (Å²) in [5, 5.41) is 9.69. The monoisotopic (exact) mass is 262 g/mol. The third-order valence-electron chi connectivity index (χ3n) is 4.29. The van der Waals surface area contributed by atoms with Crippen molar-refractivity contribution in [1.29, 1.82) is 0 Å². The van der Waals surface area contributed by atoms with E-state index in [1.807, 2.05) is 0 Å². The van der Waals surface area contributed by atoms with Crippen LogP contribution in [-0.4, -0.2) is 48.8 Å². The van der Waals surface area contributed by atoms with E-state index in [9.17, 15) is 5.11 Å². The van der Waals surface area contributed by atoms with Gasteiger partial charge in [-0.2, -0.15) is 0 Å². The Labute approximate surface area is 116 Å². The number of aliphatic hydroxyl groups is 1. The van der Waals surface area contributed by atoms with Gasteiger partial charge in [-0.3, -0.25) is 4.90 Å². The molecule has 3 heteroatoms. The van der Waals surface area contributed by atoms with Crippen molar-refractivity contribution in [2.45, 2.75) is 39.8 Å². The molecule has 1 fully saturated rings. The molecule has 0 bridgehead atoms. The average Bonchev–Trinajstić information content (AvgIpc) is 2.32. The highest BCUT2D eigenvalue weighted by Crippen LogP contribution is 2.30. The molecule has 1 saturated heterocycles. The van der Waals surface area contributed by atoms with Gasteiger partial charge in [0.15, 0.2) is 0 Å². The van der Waals surface area contributed by atoms with Crippen molar-refractivity contribution in [3.8, 4) is 0 Å². The Bertz CT molecular complexity index is 435. The third kappa shape index (κ3) is 2.77. The van der Waals surface area contributed by atoms with Crippen LogP contribution in [0, 0.1) is 20.8 Å². The van der Waals surface area contributed by atoms with Gasteiger partial charge in [0, 0.05) is 24.8 Å². The van der Waals surface area contributed by atoms with Crippen molar-refractivity contribution in [1.82, 2.24) is 4.90 Å². The largest absolute Gasteiger partial charge is 0.394 e. The summed E-state index contributed by atoms with van der Waals surface area (Å²) in [5.41, 5.74) is 5.24. The quantitative estimate of drug-likeness (QED) is 0.884. The van der Waals surface area contributed by atoms with Crippen LogP contribution in [0.5, 0.6) is 0 Å². The Morgan fingerprint density at radius 2 is 1.74 bits per heavy atom. The normalized spacial score (nSPS) is 24.8. The molecule has 0 aliphatic carbocycles. The molecule has 2 rings (SSSR count). The first-order valence-corrected chi connectivity index (χ1v) is 7.09. The summed E-state index contributed by atoms with van der Waals surface area (Å²) in [7, 11) is 2.14. The van der Waals surface area contributed by atoms with E-state index in [1.165, 1.54) is 22.4 Å². The molecule has 1 aliphatic rings. The number of benzene rings is 1. The maximum atomic E-state index is 9.69.